The van der Waals surface area contributed by atoms with Gasteiger partial charge in [0.15, 0.2) is 5.11 Å². The number of thiocarbonyl (C=S) groups is 1. The van der Waals surface area contributed by atoms with Crippen LogP contribution in [0.3, 0.4) is 0 Å². The van der Waals surface area contributed by atoms with Gasteiger partial charge in [-0.05, 0) is 31.6 Å². The summed E-state index contributed by atoms with van der Waals surface area (Å²) in [5.41, 5.74) is 0.638. The Hall–Kier alpha value is -1.07. The van der Waals surface area contributed by atoms with Crippen LogP contribution < -0.4 is 0 Å². The minimum absolute atomic E-state index is 0.102. The van der Waals surface area contributed by atoms with Gasteiger partial charge >= 0.3 is 0 Å². The van der Waals surface area contributed by atoms with Crippen LogP contribution in [0.15, 0.2) is 30.3 Å². The van der Waals surface area contributed by atoms with Gasteiger partial charge in [0.1, 0.15) is 4.87 Å². The summed E-state index contributed by atoms with van der Waals surface area (Å²) in [7, 11) is 3.80. The van der Waals surface area contributed by atoms with E-state index in [1.165, 1.54) is 5.56 Å². The van der Waals surface area contributed by atoms with Gasteiger partial charge in [-0.2, -0.15) is 0 Å². The Morgan fingerprint density at radius 3 is 2.23 bits per heavy atom. The molecule has 1 aromatic carbocycles. The number of hydrogen-bond acceptors (Lipinski definition) is 3. The number of likely N-dealkylation sites (N-methyl/N-ethyl adjacent to an activating group) is 1. The number of thioether (sulfide) groups is 1. The maximum Gasteiger partial charge on any atom is 0.237 e. The Labute approximate surface area is 142 Å². The van der Waals surface area contributed by atoms with Crippen LogP contribution in [-0.2, 0) is 10.2 Å². The van der Waals surface area contributed by atoms with Gasteiger partial charge in [-0.25, -0.2) is 0 Å². The molecule has 22 heavy (non-hydrogen) atoms. The zero-order valence-corrected chi connectivity index (χ0v) is 15.3. The average molecular weight is 335 g/mol. The fourth-order valence-corrected chi connectivity index (χ4v) is 6.42. The Bertz CT molecular complexity index is 645. The standard InChI is InChI=1S/C17H22N2OS2/c1-15(2)13(20)18(4)14(21)19(5)17(15)16(3,11-22-17)12-9-7-6-8-10-12/h6-10H,11H2,1-5H3/t16-,17+/m0/s1. The molecule has 1 aromatic rings. The quantitative estimate of drug-likeness (QED) is 0.736. The van der Waals surface area contributed by atoms with Crippen molar-refractivity contribution in [1.29, 1.82) is 0 Å². The number of nitrogens with zero attached hydrogens (tertiary/aromatic N) is 2. The zero-order valence-electron chi connectivity index (χ0n) is 13.7. The summed E-state index contributed by atoms with van der Waals surface area (Å²) in [6, 6.07) is 10.5. The molecule has 0 aromatic heterocycles. The first-order valence-corrected chi connectivity index (χ1v) is 8.85. The Morgan fingerprint density at radius 1 is 1.14 bits per heavy atom. The number of carbonyl (C=O) groups is 1. The van der Waals surface area contributed by atoms with Crippen molar-refractivity contribution >= 4 is 35.0 Å². The summed E-state index contributed by atoms with van der Waals surface area (Å²) in [6.07, 6.45) is 0. The molecule has 1 spiro atoms. The second-order valence-electron chi connectivity index (χ2n) is 6.96. The van der Waals surface area contributed by atoms with E-state index in [0.29, 0.717) is 5.11 Å². The van der Waals surface area contributed by atoms with Gasteiger partial charge in [0.2, 0.25) is 5.91 Å². The Balaban J connectivity index is 2.19. The molecule has 3 nitrogen and oxygen atoms in total. The van der Waals surface area contributed by atoms with E-state index in [9.17, 15) is 4.79 Å². The monoisotopic (exact) mass is 334 g/mol. The first kappa shape index (κ1) is 15.8. The van der Waals surface area contributed by atoms with E-state index in [-0.39, 0.29) is 16.2 Å². The molecular weight excluding hydrogens is 312 g/mol. The molecule has 2 aliphatic heterocycles. The highest BCUT2D eigenvalue weighted by molar-refractivity contribution is 8.02. The summed E-state index contributed by atoms with van der Waals surface area (Å²) in [5.74, 6) is 1.09. The summed E-state index contributed by atoms with van der Waals surface area (Å²) in [4.78, 5) is 16.3. The molecule has 2 heterocycles. The molecule has 0 radical (unpaired) electrons. The van der Waals surface area contributed by atoms with Gasteiger partial charge in [-0.1, -0.05) is 37.3 Å². The van der Waals surface area contributed by atoms with E-state index in [1.54, 1.807) is 11.9 Å². The van der Waals surface area contributed by atoms with Crippen molar-refractivity contribution in [3.63, 3.8) is 0 Å². The van der Waals surface area contributed by atoms with Crippen LogP contribution >= 0.6 is 24.0 Å². The van der Waals surface area contributed by atoms with Gasteiger partial charge in [0, 0.05) is 25.3 Å². The van der Waals surface area contributed by atoms with E-state index in [4.69, 9.17) is 12.2 Å². The molecule has 3 rings (SSSR count). The molecule has 2 atom stereocenters. The fraction of sp³-hybridized carbons (Fsp3) is 0.529. The molecule has 2 aliphatic rings. The Kier molecular flexibility index (Phi) is 3.39. The summed E-state index contributed by atoms with van der Waals surface area (Å²) in [5, 5.41) is 0.610. The third-order valence-electron chi connectivity index (χ3n) is 5.46. The third kappa shape index (κ3) is 1.59. The lowest BCUT2D eigenvalue weighted by atomic mass is 9.62. The minimum atomic E-state index is -0.522. The predicted octanol–water partition coefficient (Wildman–Crippen LogP) is 3.10. The molecule has 118 valence electrons. The van der Waals surface area contributed by atoms with Crippen LogP contribution in [0.1, 0.15) is 26.3 Å². The van der Waals surface area contributed by atoms with Crippen molar-refractivity contribution in [1.82, 2.24) is 9.80 Å². The van der Waals surface area contributed by atoms with Crippen molar-refractivity contribution in [3.05, 3.63) is 35.9 Å². The van der Waals surface area contributed by atoms with Crippen molar-refractivity contribution in [2.45, 2.75) is 31.1 Å². The average Bonchev–Trinajstić information content (AvgIpc) is 2.50. The summed E-state index contributed by atoms with van der Waals surface area (Å²) < 4.78 is 0. The molecular formula is C17H22N2OS2. The predicted molar refractivity (Wildman–Crippen MR) is 95.9 cm³/mol. The van der Waals surface area contributed by atoms with E-state index in [0.717, 1.165) is 5.75 Å². The van der Waals surface area contributed by atoms with Crippen molar-refractivity contribution in [2.75, 3.05) is 19.8 Å². The van der Waals surface area contributed by atoms with Crippen LogP contribution in [0, 0.1) is 5.41 Å². The number of hydrogen-bond donors (Lipinski definition) is 0. The van der Waals surface area contributed by atoms with Crippen LogP contribution in [0.4, 0.5) is 0 Å². The first-order chi connectivity index (χ1) is 10.2. The van der Waals surface area contributed by atoms with Crippen molar-refractivity contribution in [3.8, 4) is 0 Å². The van der Waals surface area contributed by atoms with Gasteiger partial charge in [0.25, 0.3) is 0 Å². The van der Waals surface area contributed by atoms with Gasteiger partial charge < -0.3 is 4.90 Å². The van der Waals surface area contributed by atoms with Crippen LogP contribution in [-0.4, -0.2) is 45.5 Å². The Morgan fingerprint density at radius 2 is 1.73 bits per heavy atom. The number of benzene rings is 1. The minimum Gasteiger partial charge on any atom is -0.335 e. The second-order valence-corrected chi connectivity index (χ2v) is 8.49. The highest BCUT2D eigenvalue weighted by Crippen LogP contribution is 2.66. The SMILES string of the molecule is CN1C(=O)C(C)(C)[C@]2(SC[C@@]2(C)c2ccccc2)N(C)C1=S. The van der Waals surface area contributed by atoms with E-state index >= 15 is 0 Å². The molecule has 1 amide bonds. The van der Waals surface area contributed by atoms with E-state index in [1.807, 2.05) is 24.9 Å². The summed E-state index contributed by atoms with van der Waals surface area (Å²) >= 11 is 7.40. The number of carbonyl (C=O) groups excluding carboxylic acids is 1. The first-order valence-electron chi connectivity index (χ1n) is 7.45. The molecule has 0 aliphatic carbocycles. The van der Waals surface area contributed by atoms with Gasteiger partial charge in [-0.3, -0.25) is 9.69 Å². The van der Waals surface area contributed by atoms with Gasteiger partial charge in [0.05, 0.1) is 5.41 Å². The largest absolute Gasteiger partial charge is 0.335 e. The molecule has 5 heteroatoms. The lowest BCUT2D eigenvalue weighted by molar-refractivity contribution is -0.147. The fourth-order valence-electron chi connectivity index (χ4n) is 4.28. The zero-order chi connectivity index (χ0) is 16.3. The second kappa shape index (κ2) is 4.71. The van der Waals surface area contributed by atoms with Crippen molar-refractivity contribution < 1.29 is 4.79 Å². The molecule has 2 saturated heterocycles. The maximum atomic E-state index is 12.9. The smallest absolute Gasteiger partial charge is 0.237 e. The summed E-state index contributed by atoms with van der Waals surface area (Å²) in [6.45, 7) is 6.37. The van der Waals surface area contributed by atoms with E-state index in [2.05, 4.69) is 49.9 Å². The molecule has 2 fully saturated rings. The lowest BCUT2D eigenvalue weighted by Gasteiger charge is -2.69. The van der Waals surface area contributed by atoms with Crippen LogP contribution in [0.25, 0.3) is 0 Å². The highest BCUT2D eigenvalue weighted by atomic mass is 32.2. The normalized spacial score (nSPS) is 34.0. The molecule has 0 saturated carbocycles. The molecule has 0 bridgehead atoms. The van der Waals surface area contributed by atoms with Crippen LogP contribution in [0.5, 0.6) is 0 Å². The molecule has 0 unspecified atom stereocenters. The van der Waals surface area contributed by atoms with Crippen LogP contribution in [0.2, 0.25) is 0 Å². The van der Waals surface area contributed by atoms with E-state index < -0.39 is 5.41 Å². The maximum absolute atomic E-state index is 12.9. The lowest BCUT2D eigenvalue weighted by Crippen LogP contribution is -2.80. The number of rotatable bonds is 1. The molecule has 0 N–H and O–H groups in total. The highest BCUT2D eigenvalue weighted by Gasteiger charge is 2.72. The van der Waals surface area contributed by atoms with Gasteiger partial charge in [-0.15, -0.1) is 11.8 Å². The topological polar surface area (TPSA) is 23.6 Å². The number of amides is 1. The van der Waals surface area contributed by atoms with Crippen molar-refractivity contribution in [2.24, 2.45) is 5.41 Å². The third-order valence-corrected chi connectivity index (χ3v) is 8.38.